The largest absolute Gasteiger partial charge is 0.492 e. The summed E-state index contributed by atoms with van der Waals surface area (Å²) in [6.07, 6.45) is 0. The summed E-state index contributed by atoms with van der Waals surface area (Å²) >= 11 is 6.12. The second-order valence-corrected chi connectivity index (χ2v) is 3.37. The molecule has 0 bridgehead atoms. The van der Waals surface area contributed by atoms with E-state index < -0.39 is 0 Å². The molecule has 1 aromatic rings. The van der Waals surface area contributed by atoms with E-state index in [0.717, 1.165) is 11.3 Å². The zero-order valence-corrected chi connectivity index (χ0v) is 8.77. The van der Waals surface area contributed by atoms with Crippen LogP contribution >= 0.6 is 11.6 Å². The standard InChI is InChI=1S/C11H14ClO/c1-4-13-10-7-5-6-9(8(2)3)11(10)12/h5-8H,2,4H2,1,3H3. The Bertz CT molecular complexity index is 281. The van der Waals surface area contributed by atoms with Crippen LogP contribution in [0.15, 0.2) is 18.2 Å². The molecule has 1 aromatic carbocycles. The molecule has 71 valence electrons. The van der Waals surface area contributed by atoms with E-state index in [-0.39, 0.29) is 5.92 Å². The average Bonchev–Trinajstić information content (AvgIpc) is 2.08. The molecule has 13 heavy (non-hydrogen) atoms. The van der Waals surface area contributed by atoms with Gasteiger partial charge in [0.2, 0.25) is 0 Å². The van der Waals surface area contributed by atoms with Crippen LogP contribution < -0.4 is 4.74 Å². The maximum atomic E-state index is 6.12. The van der Waals surface area contributed by atoms with Crippen molar-refractivity contribution in [3.8, 4) is 5.75 Å². The predicted molar refractivity (Wildman–Crippen MR) is 56.4 cm³/mol. The summed E-state index contributed by atoms with van der Waals surface area (Å²) in [5, 5.41) is 0.687. The van der Waals surface area contributed by atoms with Crippen LogP contribution in [0.3, 0.4) is 0 Å². The fourth-order valence-electron chi connectivity index (χ4n) is 1.18. The van der Waals surface area contributed by atoms with Gasteiger partial charge in [-0.05, 0) is 31.4 Å². The van der Waals surface area contributed by atoms with E-state index in [4.69, 9.17) is 16.3 Å². The van der Waals surface area contributed by atoms with Gasteiger partial charge in [0.15, 0.2) is 0 Å². The molecule has 0 saturated heterocycles. The highest BCUT2D eigenvalue weighted by Gasteiger charge is 2.09. The molecule has 2 heteroatoms. The van der Waals surface area contributed by atoms with Crippen LogP contribution in [0.1, 0.15) is 25.3 Å². The molecule has 0 aliphatic rings. The summed E-state index contributed by atoms with van der Waals surface area (Å²) < 4.78 is 5.37. The van der Waals surface area contributed by atoms with Crippen LogP contribution in [0.4, 0.5) is 0 Å². The minimum Gasteiger partial charge on any atom is -0.492 e. The van der Waals surface area contributed by atoms with Gasteiger partial charge in [0.1, 0.15) is 5.75 Å². The molecule has 0 amide bonds. The zero-order chi connectivity index (χ0) is 9.84. The summed E-state index contributed by atoms with van der Waals surface area (Å²) in [4.78, 5) is 0. The Morgan fingerprint density at radius 2 is 2.23 bits per heavy atom. The van der Waals surface area contributed by atoms with Crippen LogP contribution in [-0.4, -0.2) is 6.61 Å². The first-order valence-electron chi connectivity index (χ1n) is 4.41. The van der Waals surface area contributed by atoms with Crippen molar-refractivity contribution in [3.63, 3.8) is 0 Å². The van der Waals surface area contributed by atoms with Crippen LogP contribution in [0.5, 0.6) is 5.75 Å². The van der Waals surface area contributed by atoms with Crippen molar-refractivity contribution in [1.82, 2.24) is 0 Å². The van der Waals surface area contributed by atoms with Gasteiger partial charge in [0.05, 0.1) is 11.6 Å². The topological polar surface area (TPSA) is 9.23 Å². The third-order valence-electron chi connectivity index (χ3n) is 1.82. The summed E-state index contributed by atoms with van der Waals surface area (Å²) in [7, 11) is 0. The number of hydrogen-bond acceptors (Lipinski definition) is 1. The second kappa shape index (κ2) is 4.52. The number of hydrogen-bond donors (Lipinski definition) is 0. The Hall–Kier alpha value is -0.690. The van der Waals surface area contributed by atoms with Gasteiger partial charge in [-0.25, -0.2) is 0 Å². The lowest BCUT2D eigenvalue weighted by Crippen LogP contribution is -1.95. The Morgan fingerprint density at radius 1 is 1.54 bits per heavy atom. The molecule has 1 radical (unpaired) electrons. The van der Waals surface area contributed by atoms with E-state index >= 15 is 0 Å². The molecule has 0 N–H and O–H groups in total. The molecule has 0 saturated carbocycles. The van der Waals surface area contributed by atoms with E-state index in [1.165, 1.54) is 0 Å². The van der Waals surface area contributed by atoms with Crippen LogP contribution in [0, 0.1) is 6.92 Å². The lowest BCUT2D eigenvalue weighted by molar-refractivity contribution is 0.340. The van der Waals surface area contributed by atoms with Crippen molar-refractivity contribution in [2.75, 3.05) is 6.61 Å². The van der Waals surface area contributed by atoms with E-state index in [1.54, 1.807) is 0 Å². The maximum absolute atomic E-state index is 6.12. The van der Waals surface area contributed by atoms with Crippen molar-refractivity contribution in [2.24, 2.45) is 0 Å². The summed E-state index contributed by atoms with van der Waals surface area (Å²) in [6.45, 7) is 8.52. The molecule has 1 nitrogen and oxygen atoms in total. The Kier molecular flexibility index (Phi) is 3.61. The van der Waals surface area contributed by atoms with Crippen LogP contribution in [0.25, 0.3) is 0 Å². The molecule has 0 aromatic heterocycles. The van der Waals surface area contributed by atoms with Gasteiger partial charge in [-0.2, -0.15) is 0 Å². The molecule has 1 rings (SSSR count). The van der Waals surface area contributed by atoms with Gasteiger partial charge in [0.25, 0.3) is 0 Å². The van der Waals surface area contributed by atoms with Gasteiger partial charge in [-0.15, -0.1) is 0 Å². The lowest BCUT2D eigenvalue weighted by atomic mass is 10.0. The average molecular weight is 198 g/mol. The van der Waals surface area contributed by atoms with E-state index in [9.17, 15) is 0 Å². The molecule has 1 atom stereocenters. The number of halogens is 1. The fraction of sp³-hybridized carbons (Fsp3) is 0.364. The second-order valence-electron chi connectivity index (χ2n) is 2.99. The number of ether oxygens (including phenoxy) is 1. The van der Waals surface area contributed by atoms with Crippen LogP contribution in [-0.2, 0) is 0 Å². The predicted octanol–water partition coefficient (Wildman–Crippen LogP) is 3.68. The monoisotopic (exact) mass is 197 g/mol. The minimum atomic E-state index is 0.188. The molecule has 1 unspecified atom stereocenters. The highest BCUT2D eigenvalue weighted by molar-refractivity contribution is 6.32. The van der Waals surface area contributed by atoms with Gasteiger partial charge < -0.3 is 4.74 Å². The SMILES string of the molecule is [CH2]C(C)c1cccc(OCC)c1Cl. The van der Waals surface area contributed by atoms with Gasteiger partial charge in [-0.1, -0.05) is 30.7 Å². The Balaban J connectivity index is 3.03. The molecule has 0 heterocycles. The van der Waals surface area contributed by atoms with Crippen molar-refractivity contribution < 1.29 is 4.74 Å². The molecule has 0 spiro atoms. The third-order valence-corrected chi connectivity index (χ3v) is 2.23. The first kappa shape index (κ1) is 10.4. The zero-order valence-electron chi connectivity index (χ0n) is 8.01. The van der Waals surface area contributed by atoms with E-state index in [2.05, 4.69) is 6.92 Å². The Labute approximate surface area is 84.7 Å². The lowest BCUT2D eigenvalue weighted by Gasteiger charge is -2.11. The van der Waals surface area contributed by atoms with Gasteiger partial charge in [0, 0.05) is 0 Å². The fourth-order valence-corrected chi connectivity index (χ4v) is 1.54. The highest BCUT2D eigenvalue weighted by Crippen LogP contribution is 2.32. The summed E-state index contributed by atoms with van der Waals surface area (Å²) in [5.41, 5.74) is 1.03. The molecule has 0 aliphatic heterocycles. The summed E-state index contributed by atoms with van der Waals surface area (Å²) in [5.74, 6) is 0.935. The minimum absolute atomic E-state index is 0.188. The van der Waals surface area contributed by atoms with E-state index in [0.29, 0.717) is 11.6 Å². The molecule has 0 aliphatic carbocycles. The third kappa shape index (κ3) is 2.38. The molecule has 0 fully saturated rings. The Morgan fingerprint density at radius 3 is 2.77 bits per heavy atom. The van der Waals surface area contributed by atoms with Crippen molar-refractivity contribution in [2.45, 2.75) is 19.8 Å². The number of rotatable bonds is 3. The quantitative estimate of drug-likeness (QED) is 0.719. The van der Waals surface area contributed by atoms with Crippen molar-refractivity contribution in [3.05, 3.63) is 35.7 Å². The van der Waals surface area contributed by atoms with Crippen molar-refractivity contribution >= 4 is 11.6 Å². The smallest absolute Gasteiger partial charge is 0.138 e. The van der Waals surface area contributed by atoms with Crippen LogP contribution in [0.2, 0.25) is 5.02 Å². The van der Waals surface area contributed by atoms with Gasteiger partial charge in [-0.3, -0.25) is 0 Å². The first-order valence-corrected chi connectivity index (χ1v) is 4.79. The maximum Gasteiger partial charge on any atom is 0.138 e. The highest BCUT2D eigenvalue weighted by atomic mass is 35.5. The normalized spacial score (nSPS) is 10.5. The number of benzene rings is 1. The first-order chi connectivity index (χ1) is 6.16. The van der Waals surface area contributed by atoms with E-state index in [1.807, 2.05) is 32.0 Å². The van der Waals surface area contributed by atoms with Crippen molar-refractivity contribution in [1.29, 1.82) is 0 Å². The van der Waals surface area contributed by atoms with Gasteiger partial charge >= 0.3 is 0 Å². The molecular formula is C11H14ClO. The summed E-state index contributed by atoms with van der Waals surface area (Å²) in [6, 6.07) is 5.79. The molecular weight excluding hydrogens is 184 g/mol.